The third kappa shape index (κ3) is 6.60. The number of ether oxygens (including phenoxy) is 1. The van der Waals surface area contributed by atoms with Crippen molar-refractivity contribution in [2.45, 2.75) is 0 Å². The fourth-order valence-electron chi connectivity index (χ4n) is 2.30. The van der Waals surface area contributed by atoms with E-state index in [1.54, 1.807) is 49.6 Å². The molecule has 0 radical (unpaired) electrons. The first-order valence-corrected chi connectivity index (χ1v) is 8.64. The van der Waals surface area contributed by atoms with Gasteiger partial charge in [0.25, 0.3) is 11.8 Å². The van der Waals surface area contributed by atoms with Crippen molar-refractivity contribution in [1.29, 1.82) is 0 Å². The van der Waals surface area contributed by atoms with Gasteiger partial charge in [-0.15, -0.1) is 0 Å². The van der Waals surface area contributed by atoms with Crippen LogP contribution in [-0.2, 0) is 4.79 Å². The zero-order valence-electron chi connectivity index (χ0n) is 15.9. The molecule has 2 rings (SSSR count). The van der Waals surface area contributed by atoms with Crippen molar-refractivity contribution in [3.63, 3.8) is 0 Å². The smallest absolute Gasteiger partial charge is 0.267 e. The zero-order valence-corrected chi connectivity index (χ0v) is 15.9. The van der Waals surface area contributed by atoms with Crippen molar-refractivity contribution in [3.05, 3.63) is 71.4 Å². The summed E-state index contributed by atoms with van der Waals surface area (Å²) in [5.41, 5.74) is 1.45. The molecule has 142 valence electrons. The number of carbonyl (C=O) groups excluding carboxylic acids is 2. The molecule has 6 heteroatoms. The summed E-state index contributed by atoms with van der Waals surface area (Å²) < 4.78 is 5.15. The predicted molar refractivity (Wildman–Crippen MR) is 106 cm³/mol. The van der Waals surface area contributed by atoms with Crippen LogP contribution in [0, 0.1) is 0 Å². The lowest BCUT2D eigenvalue weighted by atomic mass is 10.1. The monoisotopic (exact) mass is 367 g/mol. The van der Waals surface area contributed by atoms with Gasteiger partial charge in [0, 0.05) is 18.7 Å². The molecule has 0 heterocycles. The molecule has 0 spiro atoms. The molecule has 27 heavy (non-hydrogen) atoms. The van der Waals surface area contributed by atoms with E-state index in [1.807, 2.05) is 37.2 Å². The van der Waals surface area contributed by atoms with Gasteiger partial charge in [0.1, 0.15) is 11.4 Å². The summed E-state index contributed by atoms with van der Waals surface area (Å²) in [6.45, 7) is 1.18. The van der Waals surface area contributed by atoms with E-state index in [0.29, 0.717) is 18.7 Å². The quantitative estimate of drug-likeness (QED) is 0.702. The Hall–Kier alpha value is -3.12. The van der Waals surface area contributed by atoms with Gasteiger partial charge in [-0.3, -0.25) is 9.59 Å². The number of carbonyl (C=O) groups is 2. The Balaban J connectivity index is 2.19. The standard InChI is InChI=1S/C21H25N3O3/c1-24(2)14-13-22-21(26)19(15-16-9-11-18(27-3)12-10-16)23-20(25)17-7-5-4-6-8-17/h4-12,15H,13-14H2,1-3H3,(H,22,26)(H,23,25)/b19-15+. The molecule has 0 fully saturated rings. The van der Waals surface area contributed by atoms with Crippen molar-refractivity contribution >= 4 is 17.9 Å². The van der Waals surface area contributed by atoms with Crippen LogP contribution in [0.2, 0.25) is 0 Å². The Kier molecular flexibility index (Phi) is 7.58. The number of amides is 2. The maximum atomic E-state index is 12.6. The average molecular weight is 367 g/mol. The molecular weight excluding hydrogens is 342 g/mol. The van der Waals surface area contributed by atoms with Gasteiger partial charge in [-0.05, 0) is 50.0 Å². The number of benzene rings is 2. The number of methoxy groups -OCH3 is 1. The van der Waals surface area contributed by atoms with Gasteiger partial charge in [-0.1, -0.05) is 30.3 Å². The number of nitrogens with zero attached hydrogens (tertiary/aromatic N) is 1. The van der Waals surface area contributed by atoms with Crippen LogP contribution >= 0.6 is 0 Å². The van der Waals surface area contributed by atoms with Crippen LogP contribution in [0.5, 0.6) is 5.75 Å². The molecule has 0 aliphatic heterocycles. The number of hydrogen-bond donors (Lipinski definition) is 2. The molecule has 0 saturated carbocycles. The van der Waals surface area contributed by atoms with Crippen LogP contribution in [0.25, 0.3) is 6.08 Å². The van der Waals surface area contributed by atoms with E-state index in [9.17, 15) is 9.59 Å². The molecule has 0 aliphatic carbocycles. The summed E-state index contributed by atoms with van der Waals surface area (Å²) in [7, 11) is 5.45. The summed E-state index contributed by atoms with van der Waals surface area (Å²) in [6.07, 6.45) is 1.64. The van der Waals surface area contributed by atoms with E-state index in [0.717, 1.165) is 11.3 Å². The normalized spacial score (nSPS) is 11.2. The minimum absolute atomic E-state index is 0.188. The summed E-state index contributed by atoms with van der Waals surface area (Å²) in [5.74, 6) is 0.0486. The van der Waals surface area contributed by atoms with E-state index in [4.69, 9.17) is 4.74 Å². The Morgan fingerprint density at radius 3 is 2.30 bits per heavy atom. The van der Waals surface area contributed by atoms with Gasteiger partial charge in [-0.25, -0.2) is 0 Å². The second-order valence-corrected chi connectivity index (χ2v) is 6.21. The number of nitrogens with one attached hydrogen (secondary N) is 2. The molecular formula is C21H25N3O3. The van der Waals surface area contributed by atoms with Crippen LogP contribution in [0.1, 0.15) is 15.9 Å². The average Bonchev–Trinajstić information content (AvgIpc) is 2.68. The lowest BCUT2D eigenvalue weighted by Gasteiger charge is -2.13. The molecule has 2 N–H and O–H groups in total. The maximum absolute atomic E-state index is 12.6. The molecule has 2 amide bonds. The van der Waals surface area contributed by atoms with Crippen LogP contribution < -0.4 is 15.4 Å². The van der Waals surface area contributed by atoms with Crippen molar-refractivity contribution in [1.82, 2.24) is 15.5 Å². The molecule has 0 aliphatic rings. The third-order valence-corrected chi connectivity index (χ3v) is 3.80. The molecule has 0 aromatic heterocycles. The van der Waals surface area contributed by atoms with Gasteiger partial charge in [0.05, 0.1) is 7.11 Å². The van der Waals surface area contributed by atoms with Gasteiger partial charge >= 0.3 is 0 Å². The first-order valence-electron chi connectivity index (χ1n) is 8.64. The minimum atomic E-state index is -0.336. The molecule has 0 atom stereocenters. The highest BCUT2D eigenvalue weighted by molar-refractivity contribution is 6.05. The second-order valence-electron chi connectivity index (χ2n) is 6.21. The lowest BCUT2D eigenvalue weighted by molar-refractivity contribution is -0.117. The van der Waals surface area contributed by atoms with Gasteiger partial charge in [0.15, 0.2) is 0 Å². The minimum Gasteiger partial charge on any atom is -0.497 e. The Bertz CT molecular complexity index is 784. The first-order chi connectivity index (χ1) is 13.0. The van der Waals surface area contributed by atoms with E-state index < -0.39 is 0 Å². The molecule has 0 saturated heterocycles. The highest BCUT2D eigenvalue weighted by atomic mass is 16.5. The maximum Gasteiger partial charge on any atom is 0.267 e. The van der Waals surface area contributed by atoms with Crippen molar-refractivity contribution in [3.8, 4) is 5.75 Å². The van der Waals surface area contributed by atoms with Crippen LogP contribution in [-0.4, -0.2) is 51.0 Å². The molecule has 2 aromatic carbocycles. The van der Waals surface area contributed by atoms with Gasteiger partial charge in [0.2, 0.25) is 0 Å². The van der Waals surface area contributed by atoms with Gasteiger partial charge < -0.3 is 20.3 Å². The molecule has 6 nitrogen and oxygen atoms in total. The van der Waals surface area contributed by atoms with Crippen LogP contribution in [0.15, 0.2) is 60.3 Å². The number of likely N-dealkylation sites (N-methyl/N-ethyl adjacent to an activating group) is 1. The van der Waals surface area contributed by atoms with Crippen molar-refractivity contribution in [2.24, 2.45) is 0 Å². The highest BCUT2D eigenvalue weighted by Gasteiger charge is 2.14. The fraction of sp³-hybridized carbons (Fsp3) is 0.238. The third-order valence-electron chi connectivity index (χ3n) is 3.80. The van der Waals surface area contributed by atoms with E-state index in [1.165, 1.54) is 0 Å². The van der Waals surface area contributed by atoms with Crippen molar-refractivity contribution < 1.29 is 14.3 Å². The Morgan fingerprint density at radius 1 is 1.04 bits per heavy atom. The zero-order chi connectivity index (χ0) is 19.6. The van der Waals surface area contributed by atoms with Crippen LogP contribution in [0.3, 0.4) is 0 Å². The second kappa shape index (κ2) is 10.1. The van der Waals surface area contributed by atoms with Crippen LogP contribution in [0.4, 0.5) is 0 Å². The van der Waals surface area contributed by atoms with E-state index in [-0.39, 0.29) is 17.5 Å². The topological polar surface area (TPSA) is 70.7 Å². The first kappa shape index (κ1) is 20.2. The summed E-state index contributed by atoms with van der Waals surface area (Å²) in [5, 5.41) is 5.54. The van der Waals surface area contributed by atoms with E-state index in [2.05, 4.69) is 10.6 Å². The molecule has 0 bridgehead atoms. The van der Waals surface area contributed by atoms with E-state index >= 15 is 0 Å². The highest BCUT2D eigenvalue weighted by Crippen LogP contribution is 2.14. The largest absolute Gasteiger partial charge is 0.497 e. The Morgan fingerprint density at radius 2 is 1.70 bits per heavy atom. The predicted octanol–water partition coefficient (Wildman–Crippen LogP) is 2.14. The fourth-order valence-corrected chi connectivity index (χ4v) is 2.30. The number of hydrogen-bond acceptors (Lipinski definition) is 4. The molecule has 0 unspecified atom stereocenters. The van der Waals surface area contributed by atoms with Crippen molar-refractivity contribution in [2.75, 3.05) is 34.3 Å². The number of rotatable bonds is 8. The summed E-state index contributed by atoms with van der Waals surface area (Å²) >= 11 is 0. The van der Waals surface area contributed by atoms with Gasteiger partial charge in [-0.2, -0.15) is 0 Å². The summed E-state index contributed by atoms with van der Waals surface area (Å²) in [6, 6.07) is 16.0. The Labute approximate surface area is 159 Å². The summed E-state index contributed by atoms with van der Waals surface area (Å²) in [4.78, 5) is 27.0. The molecule has 2 aromatic rings. The SMILES string of the molecule is COc1ccc(/C=C(/NC(=O)c2ccccc2)C(=O)NCCN(C)C)cc1. The lowest BCUT2D eigenvalue weighted by Crippen LogP contribution is -2.37.